The van der Waals surface area contributed by atoms with Crippen LogP contribution in [0.2, 0.25) is 0 Å². The van der Waals surface area contributed by atoms with Crippen molar-refractivity contribution in [1.29, 1.82) is 0 Å². The third-order valence-corrected chi connectivity index (χ3v) is 9.00. The first-order valence-electron chi connectivity index (χ1n) is 13.3. The number of phenols is 1. The minimum Gasteiger partial charge on any atom is -0.508 e. The van der Waals surface area contributed by atoms with E-state index in [4.69, 9.17) is 9.47 Å². The van der Waals surface area contributed by atoms with Crippen LogP contribution in [-0.4, -0.2) is 67.9 Å². The van der Waals surface area contributed by atoms with Crippen molar-refractivity contribution in [2.24, 2.45) is 5.92 Å². The molecule has 214 valence electrons. The van der Waals surface area contributed by atoms with Gasteiger partial charge in [-0.3, -0.25) is 4.90 Å². The molecule has 0 fully saturated rings. The fourth-order valence-electron chi connectivity index (χ4n) is 4.90. The number of sulfonamides is 1. The number of quaternary nitrogens is 1. The molecule has 1 aliphatic heterocycles. The number of aliphatic hydroxyl groups is 1. The predicted molar refractivity (Wildman–Crippen MR) is 150 cm³/mol. The molecule has 1 heterocycles. The van der Waals surface area contributed by atoms with E-state index < -0.39 is 22.2 Å². The van der Waals surface area contributed by atoms with Crippen LogP contribution in [0.4, 0.5) is 0 Å². The van der Waals surface area contributed by atoms with Crippen LogP contribution in [0.5, 0.6) is 17.2 Å². The lowest BCUT2D eigenvalue weighted by molar-refractivity contribution is -0.825. The molecule has 0 bridgehead atoms. The molecule has 0 radical (unpaired) electrons. The first-order chi connectivity index (χ1) is 19.0. The second-order valence-electron chi connectivity index (χ2n) is 10.6. The molecule has 3 N–H and O–H groups in total. The SMILES string of the molecule is Cc1c(O)cccc1C(=O)[NH+](C)[C@@H](Cc1ccccc1)[C@H](O)CN(CC(C)C)S(=O)(=O)c1ccc2c(c1)OCO2. The fraction of sp³-hybridized carbons (Fsp3) is 0.367. The van der Waals surface area contributed by atoms with Gasteiger partial charge in [0.15, 0.2) is 11.5 Å². The van der Waals surface area contributed by atoms with Crippen molar-refractivity contribution in [1.82, 2.24) is 4.31 Å². The lowest BCUT2D eigenvalue weighted by Gasteiger charge is -2.32. The highest BCUT2D eigenvalue weighted by Crippen LogP contribution is 2.35. The Hall–Kier alpha value is -3.44. The van der Waals surface area contributed by atoms with Crippen molar-refractivity contribution < 1.29 is 37.8 Å². The van der Waals surface area contributed by atoms with Crippen LogP contribution in [-0.2, 0) is 16.4 Å². The molecule has 0 saturated heterocycles. The molecule has 0 saturated carbocycles. The summed E-state index contributed by atoms with van der Waals surface area (Å²) in [6, 6.07) is 18.0. The molecule has 0 aromatic heterocycles. The number of carbonyl (C=O) groups excluding carboxylic acids is 1. The molecule has 1 amide bonds. The summed E-state index contributed by atoms with van der Waals surface area (Å²) in [5, 5.41) is 21.8. The first kappa shape index (κ1) is 29.5. The molecule has 40 heavy (non-hydrogen) atoms. The summed E-state index contributed by atoms with van der Waals surface area (Å²) < 4.78 is 39.6. The number of hydrogen-bond acceptors (Lipinski definition) is 7. The monoisotopic (exact) mass is 569 g/mol. The minimum absolute atomic E-state index is 0.0109. The minimum atomic E-state index is -4.02. The second kappa shape index (κ2) is 12.4. The lowest BCUT2D eigenvalue weighted by Crippen LogP contribution is -3.17. The summed E-state index contributed by atoms with van der Waals surface area (Å²) in [5.74, 6) is 0.511. The van der Waals surface area contributed by atoms with E-state index in [-0.39, 0.29) is 42.4 Å². The van der Waals surface area contributed by atoms with Gasteiger partial charge < -0.3 is 19.7 Å². The van der Waals surface area contributed by atoms with Crippen molar-refractivity contribution in [3.8, 4) is 17.2 Å². The highest BCUT2D eigenvalue weighted by Gasteiger charge is 2.38. The maximum atomic E-state index is 13.8. The average Bonchev–Trinajstić information content (AvgIpc) is 3.40. The number of nitrogens with zero attached hydrogens (tertiary/aromatic N) is 1. The van der Waals surface area contributed by atoms with Gasteiger partial charge in [-0.2, -0.15) is 4.31 Å². The summed E-state index contributed by atoms with van der Waals surface area (Å²) in [6.07, 6.45) is -0.860. The van der Waals surface area contributed by atoms with Crippen molar-refractivity contribution in [2.45, 2.75) is 44.2 Å². The van der Waals surface area contributed by atoms with Gasteiger partial charge in [0.25, 0.3) is 0 Å². The first-order valence-corrected chi connectivity index (χ1v) is 14.7. The van der Waals surface area contributed by atoms with E-state index in [1.165, 1.54) is 22.5 Å². The van der Waals surface area contributed by atoms with Crippen molar-refractivity contribution in [2.75, 3.05) is 26.9 Å². The van der Waals surface area contributed by atoms with Crippen LogP contribution in [0.25, 0.3) is 0 Å². The molecule has 0 spiro atoms. The van der Waals surface area contributed by atoms with E-state index >= 15 is 0 Å². The summed E-state index contributed by atoms with van der Waals surface area (Å²) in [6.45, 7) is 5.46. The number of fused-ring (bicyclic) bond motifs is 1. The Morgan fingerprint density at radius 3 is 2.40 bits per heavy atom. The average molecular weight is 570 g/mol. The summed E-state index contributed by atoms with van der Waals surface area (Å²) in [4.78, 5) is 14.0. The number of aromatic hydroxyl groups is 1. The van der Waals surface area contributed by atoms with Crippen molar-refractivity contribution in [3.63, 3.8) is 0 Å². The summed E-state index contributed by atoms with van der Waals surface area (Å²) >= 11 is 0. The smallest absolute Gasteiger partial charge is 0.344 e. The summed E-state index contributed by atoms with van der Waals surface area (Å²) in [5.41, 5.74) is 1.70. The Balaban J connectivity index is 1.66. The fourth-order valence-corrected chi connectivity index (χ4v) is 6.53. The molecule has 10 heteroatoms. The van der Waals surface area contributed by atoms with Gasteiger partial charge >= 0.3 is 5.91 Å². The topological polar surface area (TPSA) is 118 Å². The Labute approximate surface area is 235 Å². The number of rotatable bonds is 11. The van der Waals surface area contributed by atoms with Gasteiger partial charge in [0, 0.05) is 31.1 Å². The van der Waals surface area contributed by atoms with Gasteiger partial charge in [0.1, 0.15) is 17.9 Å². The zero-order valence-electron chi connectivity index (χ0n) is 23.2. The molecule has 3 aromatic carbocycles. The Kier molecular flexibility index (Phi) is 9.15. The Bertz CT molecular complexity index is 1440. The molecule has 0 aliphatic carbocycles. The highest BCUT2D eigenvalue weighted by molar-refractivity contribution is 7.89. The molecule has 9 nitrogen and oxygen atoms in total. The molecule has 1 aliphatic rings. The van der Waals surface area contributed by atoms with Crippen LogP contribution >= 0.6 is 0 Å². The largest absolute Gasteiger partial charge is 0.508 e. The van der Waals surface area contributed by atoms with E-state index in [1.54, 1.807) is 32.2 Å². The second-order valence-corrected chi connectivity index (χ2v) is 12.5. The van der Waals surface area contributed by atoms with Gasteiger partial charge in [0.2, 0.25) is 16.8 Å². The van der Waals surface area contributed by atoms with Crippen LogP contribution in [0.3, 0.4) is 0 Å². The number of hydrogen-bond donors (Lipinski definition) is 3. The van der Waals surface area contributed by atoms with Gasteiger partial charge in [-0.1, -0.05) is 50.2 Å². The number of phenolic OH excluding ortho intramolecular Hbond substituents is 1. The van der Waals surface area contributed by atoms with Crippen molar-refractivity contribution >= 4 is 15.9 Å². The quantitative estimate of drug-likeness (QED) is 0.325. The standard InChI is InChI=1S/C30H36N2O7S/c1-20(2)17-32(40(36,37)23-13-14-28-29(16-23)39-19-38-28)18-27(34)25(15-22-9-6-5-7-10-22)31(4)30(35)24-11-8-12-26(33)21(24)3/h5-14,16,20,25,27,33-34H,15,17-19H2,1-4H3/p+1/t25-,27+/m0/s1. The number of aliphatic hydroxyl groups excluding tert-OH is 1. The van der Waals surface area contributed by atoms with Gasteiger partial charge in [-0.05, 0) is 42.7 Å². The molecule has 1 unspecified atom stereocenters. The molecule has 3 aromatic rings. The molecular formula is C30H37N2O7S+. The number of benzene rings is 3. The van der Waals surface area contributed by atoms with E-state index in [0.717, 1.165) is 5.56 Å². The lowest BCUT2D eigenvalue weighted by atomic mass is 9.98. The molecular weight excluding hydrogens is 532 g/mol. The van der Waals surface area contributed by atoms with Crippen LogP contribution in [0.1, 0.15) is 35.3 Å². The Morgan fingerprint density at radius 2 is 1.70 bits per heavy atom. The molecule has 4 rings (SSSR count). The third-order valence-electron chi connectivity index (χ3n) is 7.17. The maximum absolute atomic E-state index is 13.8. The van der Waals surface area contributed by atoms with Crippen molar-refractivity contribution in [3.05, 3.63) is 83.4 Å². The van der Waals surface area contributed by atoms with E-state index in [1.807, 2.05) is 44.2 Å². The Morgan fingerprint density at radius 1 is 1.00 bits per heavy atom. The number of nitrogens with one attached hydrogen (secondary N) is 1. The summed E-state index contributed by atoms with van der Waals surface area (Å²) in [7, 11) is -2.35. The van der Waals surface area contributed by atoms with Crippen LogP contribution in [0, 0.1) is 12.8 Å². The normalized spacial score (nSPS) is 15.3. The third kappa shape index (κ3) is 6.47. The zero-order valence-corrected chi connectivity index (χ0v) is 24.0. The number of ether oxygens (including phenoxy) is 2. The van der Waals surface area contributed by atoms with E-state index in [9.17, 15) is 23.4 Å². The predicted octanol–water partition coefficient (Wildman–Crippen LogP) is 2.40. The zero-order chi connectivity index (χ0) is 29.0. The highest BCUT2D eigenvalue weighted by atomic mass is 32.2. The van der Waals surface area contributed by atoms with E-state index in [0.29, 0.717) is 33.9 Å². The van der Waals surface area contributed by atoms with Crippen LogP contribution in [0.15, 0.2) is 71.6 Å². The van der Waals surface area contributed by atoms with Crippen LogP contribution < -0.4 is 14.4 Å². The number of amides is 1. The molecule has 3 atom stereocenters. The van der Waals surface area contributed by atoms with Gasteiger partial charge in [-0.25, -0.2) is 13.2 Å². The number of carbonyl (C=O) groups is 1. The number of likely N-dealkylation sites (N-methyl/N-ethyl adjacent to an activating group) is 1. The van der Waals surface area contributed by atoms with Gasteiger partial charge in [0.05, 0.1) is 17.5 Å². The maximum Gasteiger partial charge on any atom is 0.344 e. The van der Waals surface area contributed by atoms with Gasteiger partial charge in [-0.15, -0.1) is 0 Å². The van der Waals surface area contributed by atoms with E-state index in [2.05, 4.69) is 0 Å².